The number of carboxylic acid groups (broad SMARTS) is 1. The van der Waals surface area contributed by atoms with Gasteiger partial charge in [-0.15, -0.1) is 0 Å². The smallest absolute Gasteiger partial charge is 0.332 e. The number of nitrogens with one attached hydrogen (secondary N) is 1. The van der Waals surface area contributed by atoms with Crippen molar-refractivity contribution < 1.29 is 14.6 Å². The van der Waals surface area contributed by atoms with Gasteiger partial charge in [-0.3, -0.25) is 0 Å². The van der Waals surface area contributed by atoms with Gasteiger partial charge in [-0.05, 0) is 25.1 Å². The second kappa shape index (κ2) is 3.41. The third kappa shape index (κ3) is 1.79. The van der Waals surface area contributed by atoms with E-state index in [1.807, 2.05) is 6.07 Å². The Labute approximate surface area is 95.4 Å². The standard InChI is InChI=1S/C10H10BrNO3/c1-10(9(13)14)5-15-8-3-2-6(11)4-7(8)12-10/h2-4,12H,5H2,1H3,(H,13,14). The molecule has 0 aromatic heterocycles. The summed E-state index contributed by atoms with van der Waals surface area (Å²) in [6, 6.07) is 5.45. The van der Waals surface area contributed by atoms with Crippen LogP contribution in [0.4, 0.5) is 5.69 Å². The van der Waals surface area contributed by atoms with E-state index in [0.29, 0.717) is 11.4 Å². The van der Waals surface area contributed by atoms with E-state index >= 15 is 0 Å². The Bertz CT molecular complexity index is 421. The number of fused-ring (bicyclic) bond motifs is 1. The number of hydrogen-bond acceptors (Lipinski definition) is 3. The number of hydrogen-bond donors (Lipinski definition) is 2. The van der Waals surface area contributed by atoms with Crippen molar-refractivity contribution in [3.63, 3.8) is 0 Å². The maximum absolute atomic E-state index is 11.0. The Hall–Kier alpha value is -1.23. The zero-order chi connectivity index (χ0) is 11.1. The van der Waals surface area contributed by atoms with E-state index in [4.69, 9.17) is 9.84 Å². The number of benzene rings is 1. The molecule has 1 atom stereocenters. The molecule has 1 aliphatic rings. The third-order valence-corrected chi connectivity index (χ3v) is 2.83. The van der Waals surface area contributed by atoms with Crippen molar-refractivity contribution in [1.29, 1.82) is 0 Å². The molecule has 0 spiro atoms. The summed E-state index contributed by atoms with van der Waals surface area (Å²) in [5, 5.41) is 12.0. The van der Waals surface area contributed by atoms with Crippen molar-refractivity contribution in [2.45, 2.75) is 12.5 Å². The summed E-state index contributed by atoms with van der Waals surface area (Å²) < 4.78 is 6.27. The zero-order valence-electron chi connectivity index (χ0n) is 8.08. The summed E-state index contributed by atoms with van der Waals surface area (Å²) in [4.78, 5) is 11.0. The Morgan fingerprint density at radius 3 is 3.07 bits per heavy atom. The Kier molecular flexibility index (Phi) is 2.34. The largest absolute Gasteiger partial charge is 0.488 e. The molecule has 2 rings (SSSR count). The fourth-order valence-corrected chi connectivity index (χ4v) is 1.76. The molecule has 0 amide bonds. The number of anilines is 1. The fraction of sp³-hybridized carbons (Fsp3) is 0.300. The summed E-state index contributed by atoms with van der Waals surface area (Å²) in [6.45, 7) is 1.72. The van der Waals surface area contributed by atoms with Crippen LogP contribution >= 0.6 is 15.9 Å². The van der Waals surface area contributed by atoms with Crippen molar-refractivity contribution in [1.82, 2.24) is 0 Å². The molecule has 1 aromatic carbocycles. The van der Waals surface area contributed by atoms with E-state index in [1.54, 1.807) is 19.1 Å². The van der Waals surface area contributed by atoms with Crippen LogP contribution in [0.2, 0.25) is 0 Å². The van der Waals surface area contributed by atoms with Gasteiger partial charge in [0.05, 0.1) is 5.69 Å². The lowest BCUT2D eigenvalue weighted by Crippen LogP contribution is -2.50. The van der Waals surface area contributed by atoms with Gasteiger partial charge in [-0.2, -0.15) is 0 Å². The van der Waals surface area contributed by atoms with Crippen LogP contribution in [0, 0.1) is 0 Å². The number of halogens is 1. The maximum atomic E-state index is 11.0. The minimum Gasteiger partial charge on any atom is -0.488 e. The van der Waals surface area contributed by atoms with Crippen molar-refractivity contribution in [3.05, 3.63) is 22.7 Å². The summed E-state index contributed by atoms with van der Waals surface area (Å²) in [5.74, 6) is -0.245. The average molecular weight is 272 g/mol. The monoisotopic (exact) mass is 271 g/mol. The van der Waals surface area contributed by atoms with Crippen LogP contribution in [0.3, 0.4) is 0 Å². The molecular weight excluding hydrogens is 262 g/mol. The van der Waals surface area contributed by atoms with E-state index in [2.05, 4.69) is 21.2 Å². The minimum absolute atomic E-state index is 0.122. The molecule has 0 saturated heterocycles. The van der Waals surface area contributed by atoms with Gasteiger partial charge in [0.2, 0.25) is 0 Å². The highest BCUT2D eigenvalue weighted by Gasteiger charge is 2.38. The van der Waals surface area contributed by atoms with Gasteiger partial charge < -0.3 is 15.2 Å². The lowest BCUT2D eigenvalue weighted by atomic mass is 10.0. The molecular formula is C10H10BrNO3. The van der Waals surface area contributed by atoms with E-state index in [0.717, 1.165) is 4.47 Å². The van der Waals surface area contributed by atoms with Gasteiger partial charge in [0.25, 0.3) is 0 Å². The second-order valence-corrected chi connectivity index (χ2v) is 4.61. The molecule has 1 heterocycles. The molecule has 2 N–H and O–H groups in total. The first-order valence-electron chi connectivity index (χ1n) is 4.45. The lowest BCUT2D eigenvalue weighted by Gasteiger charge is -2.33. The highest BCUT2D eigenvalue weighted by molar-refractivity contribution is 9.10. The molecule has 5 heteroatoms. The first-order chi connectivity index (χ1) is 7.01. The van der Waals surface area contributed by atoms with Gasteiger partial charge >= 0.3 is 5.97 Å². The molecule has 1 aromatic rings. The maximum Gasteiger partial charge on any atom is 0.332 e. The van der Waals surface area contributed by atoms with Crippen LogP contribution in [0.1, 0.15) is 6.92 Å². The Balaban J connectivity index is 2.37. The molecule has 0 fully saturated rings. The number of rotatable bonds is 1. The van der Waals surface area contributed by atoms with E-state index in [1.165, 1.54) is 0 Å². The normalized spacial score (nSPS) is 23.6. The molecule has 4 nitrogen and oxygen atoms in total. The Morgan fingerprint density at radius 1 is 1.67 bits per heavy atom. The van der Waals surface area contributed by atoms with E-state index in [9.17, 15) is 4.79 Å². The molecule has 0 saturated carbocycles. The minimum atomic E-state index is -1.06. The quantitative estimate of drug-likeness (QED) is 0.822. The molecule has 0 aliphatic carbocycles. The number of ether oxygens (including phenoxy) is 1. The summed E-state index contributed by atoms with van der Waals surface area (Å²) >= 11 is 3.32. The lowest BCUT2D eigenvalue weighted by molar-refractivity contribution is -0.143. The van der Waals surface area contributed by atoms with Gasteiger partial charge in [0.1, 0.15) is 12.4 Å². The van der Waals surface area contributed by atoms with Gasteiger partial charge in [0, 0.05) is 4.47 Å². The highest BCUT2D eigenvalue weighted by atomic mass is 79.9. The topological polar surface area (TPSA) is 58.6 Å². The number of carboxylic acids is 1. The predicted octanol–water partition coefficient (Wildman–Crippen LogP) is 2.10. The SMILES string of the molecule is CC1(C(=O)O)COc2ccc(Br)cc2N1. The van der Waals surface area contributed by atoms with Crippen molar-refractivity contribution in [2.75, 3.05) is 11.9 Å². The first kappa shape index (κ1) is 10.3. The third-order valence-electron chi connectivity index (χ3n) is 2.34. The second-order valence-electron chi connectivity index (χ2n) is 3.69. The van der Waals surface area contributed by atoms with Crippen LogP contribution in [-0.2, 0) is 4.79 Å². The van der Waals surface area contributed by atoms with E-state index < -0.39 is 11.5 Å². The first-order valence-corrected chi connectivity index (χ1v) is 5.24. The zero-order valence-corrected chi connectivity index (χ0v) is 9.67. The summed E-state index contributed by atoms with van der Waals surface area (Å²) in [7, 11) is 0. The summed E-state index contributed by atoms with van der Waals surface area (Å²) in [6.07, 6.45) is 0. The predicted molar refractivity (Wildman–Crippen MR) is 59.3 cm³/mol. The van der Waals surface area contributed by atoms with Crippen molar-refractivity contribution in [2.24, 2.45) is 0 Å². The molecule has 1 unspecified atom stereocenters. The van der Waals surface area contributed by atoms with Crippen molar-refractivity contribution in [3.8, 4) is 5.75 Å². The van der Waals surface area contributed by atoms with Crippen LogP contribution in [0.15, 0.2) is 22.7 Å². The number of aliphatic carboxylic acids is 1. The molecule has 1 aliphatic heterocycles. The highest BCUT2D eigenvalue weighted by Crippen LogP contribution is 2.34. The molecule has 80 valence electrons. The fourth-order valence-electron chi connectivity index (χ4n) is 1.40. The van der Waals surface area contributed by atoms with Crippen LogP contribution in [-0.4, -0.2) is 23.2 Å². The van der Waals surface area contributed by atoms with Crippen LogP contribution < -0.4 is 10.1 Å². The van der Waals surface area contributed by atoms with Crippen molar-refractivity contribution >= 4 is 27.6 Å². The molecule has 15 heavy (non-hydrogen) atoms. The van der Waals surface area contributed by atoms with Gasteiger partial charge in [0.15, 0.2) is 5.54 Å². The number of carbonyl (C=O) groups is 1. The van der Waals surface area contributed by atoms with Gasteiger partial charge in [-0.25, -0.2) is 4.79 Å². The average Bonchev–Trinajstić information content (AvgIpc) is 2.16. The van der Waals surface area contributed by atoms with Gasteiger partial charge in [-0.1, -0.05) is 15.9 Å². The Morgan fingerprint density at radius 2 is 2.40 bits per heavy atom. The van der Waals surface area contributed by atoms with Crippen LogP contribution in [0.25, 0.3) is 0 Å². The molecule has 0 radical (unpaired) electrons. The summed E-state index contributed by atoms with van der Waals surface area (Å²) in [5.41, 5.74) is -0.367. The van der Waals surface area contributed by atoms with E-state index in [-0.39, 0.29) is 6.61 Å². The molecule has 0 bridgehead atoms. The van der Waals surface area contributed by atoms with Crippen LogP contribution in [0.5, 0.6) is 5.75 Å².